The van der Waals surface area contributed by atoms with Crippen molar-refractivity contribution < 1.29 is 9.53 Å². The predicted octanol–water partition coefficient (Wildman–Crippen LogP) is 1.53. The number of nitrogens with zero attached hydrogens (tertiary/aromatic N) is 2. The maximum atomic E-state index is 11.9. The molecule has 2 aromatic rings. The van der Waals surface area contributed by atoms with E-state index in [1.165, 1.54) is 0 Å². The lowest BCUT2D eigenvalue weighted by atomic mass is 10.2. The minimum atomic E-state index is 0.0334. The van der Waals surface area contributed by atoms with Crippen LogP contribution in [0, 0.1) is 0 Å². The van der Waals surface area contributed by atoms with Crippen molar-refractivity contribution in [2.75, 3.05) is 19.8 Å². The van der Waals surface area contributed by atoms with Crippen molar-refractivity contribution in [2.45, 2.75) is 26.3 Å². The highest BCUT2D eigenvalue weighted by Gasteiger charge is 2.13. The number of carbonyl (C=O) groups is 1. The van der Waals surface area contributed by atoms with Gasteiger partial charge >= 0.3 is 0 Å². The van der Waals surface area contributed by atoms with Crippen LogP contribution in [0.1, 0.15) is 19.2 Å². The fourth-order valence-corrected chi connectivity index (χ4v) is 2.23. The standard InChI is InChI=1S/C15H21N3O2/c1-2-8-18-14-6-4-3-5-13(14)17-15(18)10-12(19)11-20-9-7-16/h3-6H,2,7-11,16H2,1H3. The molecule has 5 nitrogen and oxygen atoms in total. The lowest BCUT2D eigenvalue weighted by Crippen LogP contribution is -2.18. The summed E-state index contributed by atoms with van der Waals surface area (Å²) in [5.74, 6) is 0.848. The van der Waals surface area contributed by atoms with Crippen molar-refractivity contribution in [1.29, 1.82) is 0 Å². The van der Waals surface area contributed by atoms with Crippen molar-refractivity contribution in [3.8, 4) is 0 Å². The van der Waals surface area contributed by atoms with Crippen molar-refractivity contribution >= 4 is 16.8 Å². The molecule has 5 heteroatoms. The number of para-hydroxylation sites is 2. The van der Waals surface area contributed by atoms with Gasteiger partial charge in [0.2, 0.25) is 0 Å². The Morgan fingerprint density at radius 2 is 2.20 bits per heavy atom. The summed E-state index contributed by atoms with van der Waals surface area (Å²) in [5.41, 5.74) is 7.35. The van der Waals surface area contributed by atoms with Crippen LogP contribution in [0.15, 0.2) is 24.3 Å². The first-order valence-electron chi connectivity index (χ1n) is 7.00. The molecule has 0 aliphatic rings. The second-order valence-electron chi connectivity index (χ2n) is 4.73. The predicted molar refractivity (Wildman–Crippen MR) is 78.6 cm³/mol. The number of benzene rings is 1. The van der Waals surface area contributed by atoms with Crippen molar-refractivity contribution in [2.24, 2.45) is 5.73 Å². The summed E-state index contributed by atoms with van der Waals surface area (Å²) in [5, 5.41) is 0. The Kier molecular flexibility index (Phi) is 5.26. The zero-order chi connectivity index (χ0) is 14.4. The monoisotopic (exact) mass is 275 g/mol. The van der Waals surface area contributed by atoms with E-state index in [0.29, 0.717) is 19.6 Å². The van der Waals surface area contributed by atoms with E-state index in [9.17, 15) is 4.79 Å². The van der Waals surface area contributed by atoms with Gasteiger partial charge in [0.25, 0.3) is 0 Å². The lowest BCUT2D eigenvalue weighted by molar-refractivity contribution is -0.122. The summed E-state index contributed by atoms with van der Waals surface area (Å²) < 4.78 is 7.30. The van der Waals surface area contributed by atoms with Crippen LogP contribution in [-0.4, -0.2) is 35.1 Å². The van der Waals surface area contributed by atoms with E-state index in [1.54, 1.807) is 0 Å². The van der Waals surface area contributed by atoms with Gasteiger partial charge in [-0.3, -0.25) is 4.79 Å². The first-order valence-corrected chi connectivity index (χ1v) is 7.00. The van der Waals surface area contributed by atoms with Crippen LogP contribution in [0.25, 0.3) is 11.0 Å². The van der Waals surface area contributed by atoms with Crippen molar-refractivity contribution in [3.63, 3.8) is 0 Å². The second kappa shape index (κ2) is 7.17. The number of nitrogens with two attached hydrogens (primary N) is 1. The van der Waals surface area contributed by atoms with Crippen LogP contribution in [0.5, 0.6) is 0 Å². The number of fused-ring (bicyclic) bond motifs is 1. The summed E-state index contributed by atoms with van der Waals surface area (Å²) in [6.07, 6.45) is 1.31. The van der Waals surface area contributed by atoms with Crippen LogP contribution in [-0.2, 0) is 22.5 Å². The Balaban J connectivity index is 2.16. The second-order valence-corrected chi connectivity index (χ2v) is 4.73. The first-order chi connectivity index (χ1) is 9.76. The molecule has 0 saturated heterocycles. The maximum absolute atomic E-state index is 11.9. The molecule has 0 radical (unpaired) electrons. The number of hydrogen-bond acceptors (Lipinski definition) is 4. The average molecular weight is 275 g/mol. The Hall–Kier alpha value is -1.72. The highest BCUT2D eigenvalue weighted by molar-refractivity contribution is 5.83. The number of carbonyl (C=O) groups excluding carboxylic acids is 1. The molecular formula is C15H21N3O2. The number of Topliss-reactive ketones (excluding diaryl/α,β-unsaturated/α-hetero) is 1. The van der Waals surface area contributed by atoms with Crippen LogP contribution in [0.2, 0.25) is 0 Å². The zero-order valence-corrected chi connectivity index (χ0v) is 11.8. The fourth-order valence-electron chi connectivity index (χ4n) is 2.23. The molecule has 1 aromatic carbocycles. The largest absolute Gasteiger partial charge is 0.372 e. The van der Waals surface area contributed by atoms with Gasteiger partial charge in [0.1, 0.15) is 12.4 Å². The lowest BCUT2D eigenvalue weighted by Gasteiger charge is -2.07. The molecule has 0 aliphatic carbocycles. The van der Waals surface area contributed by atoms with Gasteiger partial charge in [-0.15, -0.1) is 0 Å². The Morgan fingerprint density at radius 1 is 1.40 bits per heavy atom. The van der Waals surface area contributed by atoms with Crippen LogP contribution in [0.3, 0.4) is 0 Å². The summed E-state index contributed by atoms with van der Waals surface area (Å²) in [6.45, 7) is 3.93. The minimum Gasteiger partial charge on any atom is -0.372 e. The van der Waals surface area contributed by atoms with E-state index >= 15 is 0 Å². The average Bonchev–Trinajstić information content (AvgIpc) is 2.78. The van der Waals surface area contributed by atoms with Gasteiger partial charge < -0.3 is 15.0 Å². The molecule has 108 valence electrons. The number of ketones is 1. The van der Waals surface area contributed by atoms with Crippen molar-refractivity contribution in [1.82, 2.24) is 9.55 Å². The molecule has 2 rings (SSSR count). The number of imidazole rings is 1. The normalized spacial score (nSPS) is 11.1. The number of aromatic nitrogens is 2. The number of rotatable bonds is 8. The molecule has 0 saturated carbocycles. The van der Waals surface area contributed by atoms with Crippen LogP contribution >= 0.6 is 0 Å². The Morgan fingerprint density at radius 3 is 2.95 bits per heavy atom. The van der Waals surface area contributed by atoms with Crippen LogP contribution < -0.4 is 5.73 Å². The third kappa shape index (κ3) is 3.43. The molecule has 0 atom stereocenters. The van der Waals surface area contributed by atoms with E-state index in [1.807, 2.05) is 24.3 Å². The summed E-state index contributed by atoms with van der Waals surface area (Å²) >= 11 is 0. The molecule has 0 bridgehead atoms. The highest BCUT2D eigenvalue weighted by Crippen LogP contribution is 2.17. The quantitative estimate of drug-likeness (QED) is 0.742. The van der Waals surface area contributed by atoms with Gasteiger partial charge in [-0.25, -0.2) is 4.98 Å². The molecular weight excluding hydrogens is 254 g/mol. The molecule has 0 fully saturated rings. The summed E-state index contributed by atoms with van der Waals surface area (Å²) in [7, 11) is 0. The number of hydrogen-bond donors (Lipinski definition) is 1. The van der Waals surface area contributed by atoms with Gasteiger partial charge in [0, 0.05) is 13.1 Å². The van der Waals surface area contributed by atoms with Gasteiger partial charge in [0.05, 0.1) is 24.1 Å². The third-order valence-electron chi connectivity index (χ3n) is 3.06. The molecule has 1 heterocycles. The Bertz CT molecular complexity index is 578. The van der Waals surface area contributed by atoms with Gasteiger partial charge in [0.15, 0.2) is 5.78 Å². The third-order valence-corrected chi connectivity index (χ3v) is 3.06. The van der Waals surface area contributed by atoms with E-state index in [4.69, 9.17) is 10.5 Å². The number of aryl methyl sites for hydroxylation is 1. The molecule has 0 aliphatic heterocycles. The molecule has 2 N–H and O–H groups in total. The van der Waals surface area contributed by atoms with E-state index < -0.39 is 0 Å². The molecule has 0 amide bonds. The van der Waals surface area contributed by atoms with Gasteiger partial charge in [-0.1, -0.05) is 19.1 Å². The van der Waals surface area contributed by atoms with E-state index in [2.05, 4.69) is 16.5 Å². The van der Waals surface area contributed by atoms with Gasteiger partial charge in [-0.2, -0.15) is 0 Å². The summed E-state index contributed by atoms with van der Waals surface area (Å²) in [6, 6.07) is 7.96. The minimum absolute atomic E-state index is 0.0334. The molecule has 1 aromatic heterocycles. The topological polar surface area (TPSA) is 70.1 Å². The van der Waals surface area contributed by atoms with E-state index in [-0.39, 0.29) is 12.4 Å². The smallest absolute Gasteiger partial charge is 0.165 e. The maximum Gasteiger partial charge on any atom is 0.165 e. The summed E-state index contributed by atoms with van der Waals surface area (Å²) in [4.78, 5) is 16.5. The van der Waals surface area contributed by atoms with Gasteiger partial charge in [-0.05, 0) is 18.6 Å². The SMILES string of the molecule is CCCn1c(CC(=O)COCCN)nc2ccccc21. The van der Waals surface area contributed by atoms with Crippen LogP contribution in [0.4, 0.5) is 0 Å². The molecule has 0 unspecified atom stereocenters. The molecule has 20 heavy (non-hydrogen) atoms. The first kappa shape index (κ1) is 14.7. The highest BCUT2D eigenvalue weighted by atomic mass is 16.5. The molecule has 0 spiro atoms. The zero-order valence-electron chi connectivity index (χ0n) is 11.8. The van der Waals surface area contributed by atoms with Crippen molar-refractivity contribution in [3.05, 3.63) is 30.1 Å². The Labute approximate surface area is 118 Å². The number of ether oxygens (including phenoxy) is 1. The van der Waals surface area contributed by atoms with E-state index in [0.717, 1.165) is 29.8 Å². The fraction of sp³-hybridized carbons (Fsp3) is 0.467.